The highest BCUT2D eigenvalue weighted by atomic mass is 35.5. The predicted octanol–water partition coefficient (Wildman–Crippen LogP) is 5.40. The number of anilines is 1. The summed E-state index contributed by atoms with van der Waals surface area (Å²) < 4.78 is 26.1. The van der Waals surface area contributed by atoms with E-state index in [9.17, 15) is 18.0 Å². The third-order valence-corrected chi connectivity index (χ3v) is 7.58. The van der Waals surface area contributed by atoms with E-state index in [2.05, 4.69) is 5.32 Å². The topological polar surface area (TPSA) is 86.8 Å². The molecule has 0 unspecified atom stereocenters. The van der Waals surface area contributed by atoms with Crippen molar-refractivity contribution in [3.63, 3.8) is 0 Å². The van der Waals surface area contributed by atoms with Crippen LogP contribution in [0.4, 0.5) is 5.69 Å². The van der Waals surface area contributed by atoms with Crippen molar-refractivity contribution in [3.05, 3.63) is 62.1 Å². The van der Waals surface area contributed by atoms with Gasteiger partial charge in [0, 0.05) is 27.7 Å². The van der Waals surface area contributed by atoms with Crippen molar-refractivity contribution >= 4 is 73.9 Å². The number of carbonyl (C=O) groups excluding carboxylic acids is 2. The van der Waals surface area contributed by atoms with Crippen LogP contribution in [0.1, 0.15) is 33.3 Å². The lowest BCUT2D eigenvalue weighted by atomic mass is 10.1. The number of sulfonamides is 1. The monoisotopic (exact) mass is 581 g/mol. The summed E-state index contributed by atoms with van der Waals surface area (Å²) in [6, 6.07) is 8.36. The first kappa shape index (κ1) is 29.5. The molecular formula is C23H27Cl4N3O4S. The Morgan fingerprint density at radius 1 is 0.971 bits per heavy atom. The third-order valence-electron chi connectivity index (χ3n) is 4.93. The maximum absolute atomic E-state index is 13.6. The number of hydrogen-bond donors (Lipinski definition) is 1. The van der Waals surface area contributed by atoms with Crippen LogP contribution in [-0.2, 0) is 26.2 Å². The number of amides is 2. The molecule has 0 radical (unpaired) electrons. The first-order valence-electron chi connectivity index (χ1n) is 10.5. The molecule has 0 heterocycles. The van der Waals surface area contributed by atoms with E-state index in [0.29, 0.717) is 15.6 Å². The van der Waals surface area contributed by atoms with Gasteiger partial charge in [0.25, 0.3) is 0 Å². The summed E-state index contributed by atoms with van der Waals surface area (Å²) in [7, 11) is -3.96. The average Bonchev–Trinajstić information content (AvgIpc) is 2.71. The Bertz CT molecular complexity index is 1200. The van der Waals surface area contributed by atoms with E-state index in [-0.39, 0.29) is 22.3 Å². The highest BCUT2D eigenvalue weighted by Gasteiger charge is 2.32. The number of rotatable bonds is 8. The van der Waals surface area contributed by atoms with Crippen molar-refractivity contribution in [3.8, 4) is 0 Å². The first-order valence-corrected chi connectivity index (χ1v) is 13.8. The fourth-order valence-electron chi connectivity index (χ4n) is 3.19. The van der Waals surface area contributed by atoms with Gasteiger partial charge in [0.15, 0.2) is 0 Å². The number of hydrogen-bond acceptors (Lipinski definition) is 4. The zero-order valence-corrected chi connectivity index (χ0v) is 23.7. The van der Waals surface area contributed by atoms with E-state index in [1.807, 2.05) is 0 Å². The Hall–Kier alpha value is -1.71. The van der Waals surface area contributed by atoms with E-state index in [0.717, 1.165) is 10.6 Å². The van der Waals surface area contributed by atoms with Gasteiger partial charge < -0.3 is 10.2 Å². The van der Waals surface area contributed by atoms with Crippen LogP contribution in [0.2, 0.25) is 20.1 Å². The van der Waals surface area contributed by atoms with Gasteiger partial charge in [-0.1, -0.05) is 58.5 Å². The van der Waals surface area contributed by atoms with Crippen molar-refractivity contribution in [2.45, 2.75) is 45.8 Å². The molecule has 12 heteroatoms. The van der Waals surface area contributed by atoms with E-state index in [1.165, 1.54) is 23.1 Å². The lowest BCUT2D eigenvalue weighted by molar-refractivity contribution is -0.140. The van der Waals surface area contributed by atoms with Crippen LogP contribution in [0.3, 0.4) is 0 Å². The minimum absolute atomic E-state index is 0.0217. The summed E-state index contributed by atoms with van der Waals surface area (Å²) in [5.41, 5.74) is -0.0984. The van der Waals surface area contributed by atoms with Crippen LogP contribution in [0.5, 0.6) is 0 Å². The maximum atomic E-state index is 13.6. The molecule has 0 saturated heterocycles. The van der Waals surface area contributed by atoms with Gasteiger partial charge in [-0.15, -0.1) is 0 Å². The van der Waals surface area contributed by atoms with Gasteiger partial charge >= 0.3 is 0 Å². The third kappa shape index (κ3) is 7.89. The minimum atomic E-state index is -3.96. The van der Waals surface area contributed by atoms with Gasteiger partial charge in [-0.05, 0) is 52.0 Å². The molecule has 2 rings (SSSR count). The number of nitrogens with one attached hydrogen (secondary N) is 1. The molecule has 0 aliphatic rings. The minimum Gasteiger partial charge on any atom is -0.350 e. The standard InChI is InChI=1S/C23H27Cl4N3O4S/c1-14(22(32)28-23(2,3)4)29(12-15-16(24)8-6-9-17(15)25)20(31)13-30(35(5,33)34)19-11-7-10-18(26)21(19)27/h6-11,14H,12-13H2,1-5H3,(H,28,32)/t14-/m0/s1. The van der Waals surface area contributed by atoms with Crippen LogP contribution in [-0.4, -0.2) is 49.5 Å². The van der Waals surface area contributed by atoms with Gasteiger partial charge in [0.1, 0.15) is 12.6 Å². The number of nitrogens with zero attached hydrogens (tertiary/aromatic N) is 2. The molecule has 0 bridgehead atoms. The average molecular weight is 583 g/mol. The van der Waals surface area contributed by atoms with Crippen molar-refractivity contribution in [2.75, 3.05) is 17.1 Å². The number of carbonyl (C=O) groups is 2. The van der Waals surface area contributed by atoms with Crippen molar-refractivity contribution < 1.29 is 18.0 Å². The Morgan fingerprint density at radius 3 is 2.00 bits per heavy atom. The van der Waals surface area contributed by atoms with Gasteiger partial charge in [0.05, 0.1) is 22.0 Å². The highest BCUT2D eigenvalue weighted by Crippen LogP contribution is 2.34. The Balaban J connectivity index is 2.51. The lowest BCUT2D eigenvalue weighted by Crippen LogP contribution is -2.54. The quantitative estimate of drug-likeness (QED) is 0.451. The molecule has 35 heavy (non-hydrogen) atoms. The maximum Gasteiger partial charge on any atom is 0.244 e. The van der Waals surface area contributed by atoms with Crippen LogP contribution < -0.4 is 9.62 Å². The van der Waals surface area contributed by atoms with Crippen LogP contribution in [0.15, 0.2) is 36.4 Å². The molecule has 0 aliphatic heterocycles. The molecular weight excluding hydrogens is 556 g/mol. The SMILES string of the molecule is C[C@@H](C(=O)NC(C)(C)C)N(Cc1c(Cl)cccc1Cl)C(=O)CN(c1cccc(Cl)c1Cl)S(C)(=O)=O. The summed E-state index contributed by atoms with van der Waals surface area (Å²) in [5, 5.41) is 3.54. The van der Waals surface area contributed by atoms with Crippen molar-refractivity contribution in [1.82, 2.24) is 10.2 Å². The number of halogens is 4. The summed E-state index contributed by atoms with van der Waals surface area (Å²) >= 11 is 25.0. The largest absolute Gasteiger partial charge is 0.350 e. The summed E-state index contributed by atoms with van der Waals surface area (Å²) in [5.74, 6) is -1.10. The van der Waals surface area contributed by atoms with Gasteiger partial charge in [0.2, 0.25) is 21.8 Å². The summed E-state index contributed by atoms with van der Waals surface area (Å²) in [6.45, 7) is 6.20. The lowest BCUT2D eigenvalue weighted by Gasteiger charge is -2.33. The molecule has 0 fully saturated rings. The molecule has 0 aliphatic carbocycles. The Morgan fingerprint density at radius 2 is 1.49 bits per heavy atom. The van der Waals surface area contributed by atoms with E-state index < -0.39 is 40.0 Å². The van der Waals surface area contributed by atoms with Gasteiger partial charge in [-0.25, -0.2) is 8.42 Å². The molecule has 1 atom stereocenters. The molecule has 7 nitrogen and oxygen atoms in total. The second kappa shape index (κ2) is 11.6. The highest BCUT2D eigenvalue weighted by molar-refractivity contribution is 7.92. The van der Waals surface area contributed by atoms with Crippen LogP contribution in [0.25, 0.3) is 0 Å². The van der Waals surface area contributed by atoms with Gasteiger partial charge in [-0.3, -0.25) is 13.9 Å². The Kier molecular flexibility index (Phi) is 9.75. The summed E-state index contributed by atoms with van der Waals surface area (Å²) in [4.78, 5) is 27.8. The predicted molar refractivity (Wildman–Crippen MR) is 143 cm³/mol. The molecule has 2 aromatic carbocycles. The second-order valence-corrected chi connectivity index (χ2v) is 12.5. The molecule has 1 N–H and O–H groups in total. The van der Waals surface area contributed by atoms with Crippen molar-refractivity contribution in [1.29, 1.82) is 0 Å². The molecule has 192 valence electrons. The molecule has 2 aromatic rings. The smallest absolute Gasteiger partial charge is 0.244 e. The second-order valence-electron chi connectivity index (χ2n) is 8.98. The normalized spacial score (nSPS) is 12.7. The fraction of sp³-hybridized carbons (Fsp3) is 0.391. The zero-order valence-electron chi connectivity index (χ0n) is 19.9. The number of benzene rings is 2. The van der Waals surface area contributed by atoms with Gasteiger partial charge in [-0.2, -0.15) is 0 Å². The zero-order chi connectivity index (χ0) is 26.7. The van der Waals surface area contributed by atoms with E-state index in [1.54, 1.807) is 45.9 Å². The van der Waals surface area contributed by atoms with Crippen LogP contribution >= 0.6 is 46.4 Å². The van der Waals surface area contributed by atoms with Crippen molar-refractivity contribution in [2.24, 2.45) is 0 Å². The summed E-state index contributed by atoms with van der Waals surface area (Å²) in [6.07, 6.45) is 0.947. The van der Waals surface area contributed by atoms with E-state index >= 15 is 0 Å². The fourth-order valence-corrected chi connectivity index (χ4v) is 5.01. The van der Waals surface area contributed by atoms with E-state index in [4.69, 9.17) is 46.4 Å². The van der Waals surface area contributed by atoms with Crippen LogP contribution in [0, 0.1) is 0 Å². The molecule has 0 spiro atoms. The molecule has 2 amide bonds. The molecule has 0 saturated carbocycles. The Labute approximate surface area is 226 Å². The first-order chi connectivity index (χ1) is 16.0. The molecule has 0 aromatic heterocycles.